The van der Waals surface area contributed by atoms with Gasteiger partial charge in [0.25, 0.3) is 5.89 Å². The summed E-state index contributed by atoms with van der Waals surface area (Å²) in [6.07, 6.45) is 0. The van der Waals surface area contributed by atoms with Crippen molar-refractivity contribution in [1.29, 1.82) is 0 Å². The van der Waals surface area contributed by atoms with E-state index < -0.39 is 11.8 Å². The summed E-state index contributed by atoms with van der Waals surface area (Å²) >= 11 is 3.10. The van der Waals surface area contributed by atoms with Crippen molar-refractivity contribution >= 4 is 21.9 Å². The number of carbonyl (C=O) groups excluding carboxylic acids is 1. The molecule has 0 saturated heterocycles. The van der Waals surface area contributed by atoms with Crippen LogP contribution in [0.5, 0.6) is 0 Å². The summed E-state index contributed by atoms with van der Waals surface area (Å²) in [6, 6.07) is 9.51. The summed E-state index contributed by atoms with van der Waals surface area (Å²) in [5.41, 5.74) is 0.355. The molecule has 122 valence electrons. The lowest BCUT2D eigenvalue weighted by atomic mass is 10.2. The van der Waals surface area contributed by atoms with E-state index >= 15 is 0 Å². The summed E-state index contributed by atoms with van der Waals surface area (Å²) in [4.78, 5) is 15.9. The number of benzene rings is 2. The van der Waals surface area contributed by atoms with Gasteiger partial charge in [0.15, 0.2) is 6.61 Å². The highest BCUT2D eigenvalue weighted by Gasteiger charge is 2.16. The Morgan fingerprint density at radius 3 is 2.62 bits per heavy atom. The summed E-state index contributed by atoms with van der Waals surface area (Å²) in [6.45, 7) is -0.303. The van der Waals surface area contributed by atoms with Gasteiger partial charge in [-0.15, -0.1) is 0 Å². The Kier molecular flexibility index (Phi) is 4.66. The number of rotatable bonds is 4. The van der Waals surface area contributed by atoms with Crippen LogP contribution in [0.25, 0.3) is 11.4 Å². The van der Waals surface area contributed by atoms with E-state index in [0.717, 1.165) is 6.07 Å². The van der Waals surface area contributed by atoms with Crippen LogP contribution in [0.3, 0.4) is 0 Å². The van der Waals surface area contributed by atoms with Gasteiger partial charge >= 0.3 is 5.97 Å². The maximum Gasteiger partial charge on any atom is 0.341 e. The second kappa shape index (κ2) is 6.88. The van der Waals surface area contributed by atoms with Gasteiger partial charge in [-0.1, -0.05) is 21.1 Å². The molecular formula is C16H9BrF2N2O3. The molecule has 0 saturated carbocycles. The highest BCUT2D eigenvalue weighted by Crippen LogP contribution is 2.18. The van der Waals surface area contributed by atoms with Gasteiger partial charge in [-0.05, 0) is 42.5 Å². The smallest absolute Gasteiger partial charge is 0.341 e. The Morgan fingerprint density at radius 2 is 1.92 bits per heavy atom. The first-order valence-electron chi connectivity index (χ1n) is 6.73. The number of aromatic nitrogens is 2. The van der Waals surface area contributed by atoms with Crippen LogP contribution in [0.2, 0.25) is 0 Å². The fraction of sp³-hybridized carbons (Fsp3) is 0.0625. The van der Waals surface area contributed by atoms with E-state index in [2.05, 4.69) is 26.1 Å². The van der Waals surface area contributed by atoms with Gasteiger partial charge in [0, 0.05) is 10.0 Å². The predicted octanol–water partition coefficient (Wildman–Crippen LogP) is 4.13. The fourth-order valence-corrected chi connectivity index (χ4v) is 2.22. The molecule has 0 radical (unpaired) electrons. The molecule has 0 spiro atoms. The van der Waals surface area contributed by atoms with E-state index in [1.54, 1.807) is 0 Å². The van der Waals surface area contributed by atoms with Gasteiger partial charge < -0.3 is 9.26 Å². The maximum atomic E-state index is 13.7. The van der Waals surface area contributed by atoms with Crippen molar-refractivity contribution in [3.63, 3.8) is 0 Å². The molecule has 0 aliphatic carbocycles. The minimum absolute atomic E-state index is 0.0418. The molecule has 3 aromatic rings. The number of hydrogen-bond donors (Lipinski definition) is 0. The molecule has 8 heteroatoms. The largest absolute Gasteiger partial charge is 0.452 e. The third-order valence-electron chi connectivity index (χ3n) is 3.05. The molecule has 0 N–H and O–H groups in total. The number of hydrogen-bond acceptors (Lipinski definition) is 5. The number of ether oxygens (including phenoxy) is 1. The first-order chi connectivity index (χ1) is 11.5. The average Bonchev–Trinajstić information content (AvgIpc) is 3.02. The van der Waals surface area contributed by atoms with Crippen molar-refractivity contribution < 1.29 is 22.8 Å². The van der Waals surface area contributed by atoms with E-state index in [0.29, 0.717) is 10.0 Å². The minimum atomic E-state index is -0.846. The highest BCUT2D eigenvalue weighted by atomic mass is 79.9. The third kappa shape index (κ3) is 3.65. The molecule has 0 fully saturated rings. The highest BCUT2D eigenvalue weighted by molar-refractivity contribution is 9.10. The quantitative estimate of drug-likeness (QED) is 0.622. The predicted molar refractivity (Wildman–Crippen MR) is 82.9 cm³/mol. The van der Waals surface area contributed by atoms with Gasteiger partial charge in [0.2, 0.25) is 5.82 Å². The lowest BCUT2D eigenvalue weighted by molar-refractivity contribution is 0.0424. The molecule has 1 heterocycles. The van der Waals surface area contributed by atoms with Gasteiger partial charge in [-0.2, -0.15) is 4.98 Å². The summed E-state index contributed by atoms with van der Waals surface area (Å²) in [7, 11) is 0. The molecule has 3 rings (SSSR count). The van der Waals surface area contributed by atoms with Crippen LogP contribution < -0.4 is 0 Å². The number of nitrogens with zero attached hydrogens (tertiary/aromatic N) is 2. The molecular weight excluding hydrogens is 386 g/mol. The molecule has 1 aromatic heterocycles. The second-order valence-corrected chi connectivity index (χ2v) is 5.63. The Morgan fingerprint density at radius 1 is 1.17 bits per heavy atom. The first-order valence-corrected chi connectivity index (χ1v) is 7.53. The lowest BCUT2D eigenvalue weighted by Crippen LogP contribution is -2.07. The van der Waals surface area contributed by atoms with Crippen LogP contribution in [0.1, 0.15) is 16.2 Å². The zero-order valence-electron chi connectivity index (χ0n) is 12.0. The van der Waals surface area contributed by atoms with Crippen molar-refractivity contribution in [3.05, 3.63) is 70.0 Å². The summed E-state index contributed by atoms with van der Waals surface area (Å²) < 4.78 is 37.0. The standard InChI is InChI=1S/C16H9BrF2N2O3/c17-10-3-6-12(13(19)7-10)16(22)23-8-14-20-15(21-24-14)9-1-4-11(18)5-2-9/h1-7H,8H2. The van der Waals surface area contributed by atoms with E-state index in [9.17, 15) is 13.6 Å². The molecule has 0 bridgehead atoms. The topological polar surface area (TPSA) is 65.2 Å². The lowest BCUT2D eigenvalue weighted by Gasteiger charge is -2.03. The fourth-order valence-electron chi connectivity index (χ4n) is 1.89. The van der Waals surface area contributed by atoms with Gasteiger partial charge in [-0.3, -0.25) is 0 Å². The first kappa shape index (κ1) is 16.3. The van der Waals surface area contributed by atoms with Crippen molar-refractivity contribution in [3.8, 4) is 11.4 Å². The third-order valence-corrected chi connectivity index (χ3v) is 3.54. The van der Waals surface area contributed by atoms with Crippen molar-refractivity contribution in [2.45, 2.75) is 6.61 Å². The Labute approximate surface area is 143 Å². The van der Waals surface area contributed by atoms with Crippen LogP contribution in [0, 0.1) is 11.6 Å². The van der Waals surface area contributed by atoms with Gasteiger partial charge in [0.1, 0.15) is 11.6 Å². The molecule has 0 aliphatic rings. The molecule has 5 nitrogen and oxygen atoms in total. The molecule has 0 aliphatic heterocycles. The van der Waals surface area contributed by atoms with Crippen molar-refractivity contribution in [2.75, 3.05) is 0 Å². The Hall–Kier alpha value is -2.61. The summed E-state index contributed by atoms with van der Waals surface area (Å²) in [5.74, 6) is -1.66. The Bertz CT molecular complexity index is 881. The van der Waals surface area contributed by atoms with Crippen molar-refractivity contribution in [2.24, 2.45) is 0 Å². The van der Waals surface area contributed by atoms with Crippen LogP contribution >= 0.6 is 15.9 Å². The molecule has 24 heavy (non-hydrogen) atoms. The van der Waals surface area contributed by atoms with Gasteiger partial charge in [-0.25, -0.2) is 13.6 Å². The molecule has 0 unspecified atom stereocenters. The maximum absolute atomic E-state index is 13.7. The van der Waals surface area contributed by atoms with E-state index in [4.69, 9.17) is 9.26 Å². The van der Waals surface area contributed by atoms with E-state index in [1.165, 1.54) is 36.4 Å². The Balaban J connectivity index is 1.67. The minimum Gasteiger partial charge on any atom is -0.452 e. The van der Waals surface area contributed by atoms with Crippen LogP contribution in [0.4, 0.5) is 8.78 Å². The van der Waals surface area contributed by atoms with Crippen molar-refractivity contribution in [1.82, 2.24) is 10.1 Å². The molecule has 0 atom stereocenters. The average molecular weight is 395 g/mol. The monoisotopic (exact) mass is 394 g/mol. The van der Waals surface area contributed by atoms with Crippen LogP contribution in [-0.2, 0) is 11.3 Å². The van der Waals surface area contributed by atoms with Crippen LogP contribution in [-0.4, -0.2) is 16.1 Å². The second-order valence-electron chi connectivity index (χ2n) is 4.72. The van der Waals surface area contributed by atoms with Gasteiger partial charge in [0.05, 0.1) is 5.56 Å². The van der Waals surface area contributed by atoms with E-state index in [1.807, 2.05) is 0 Å². The normalized spacial score (nSPS) is 10.6. The molecule has 0 amide bonds. The number of carbonyl (C=O) groups is 1. The SMILES string of the molecule is O=C(OCc1nc(-c2ccc(F)cc2)no1)c1ccc(Br)cc1F. The number of halogens is 3. The zero-order chi connectivity index (χ0) is 17.1. The van der Waals surface area contributed by atoms with Crippen LogP contribution in [0.15, 0.2) is 51.5 Å². The molecule has 2 aromatic carbocycles. The number of esters is 1. The zero-order valence-corrected chi connectivity index (χ0v) is 13.6. The summed E-state index contributed by atoms with van der Waals surface area (Å²) in [5, 5.41) is 3.72. The van der Waals surface area contributed by atoms with E-state index in [-0.39, 0.29) is 29.7 Å².